The molecule has 0 radical (unpaired) electrons. The molecule has 0 amide bonds. The van der Waals surface area contributed by atoms with Crippen molar-refractivity contribution in [3.8, 4) is 11.1 Å². The molecular formula is C11H7BrClN. The number of pyridine rings is 1. The molecule has 0 saturated heterocycles. The first-order valence-corrected chi connectivity index (χ1v) is 5.31. The Bertz CT molecular complexity index is 457. The summed E-state index contributed by atoms with van der Waals surface area (Å²) in [6.07, 6.45) is 1.75. The Morgan fingerprint density at radius 1 is 1.14 bits per heavy atom. The first-order chi connectivity index (χ1) is 6.77. The van der Waals surface area contributed by atoms with Gasteiger partial charge in [-0.25, -0.2) is 4.98 Å². The number of benzene rings is 1. The summed E-state index contributed by atoms with van der Waals surface area (Å²) in [4.78, 5) is 4.07. The second-order valence-electron chi connectivity index (χ2n) is 2.85. The zero-order valence-electron chi connectivity index (χ0n) is 7.24. The Balaban J connectivity index is 2.55. The van der Waals surface area contributed by atoms with Crippen LogP contribution in [0.4, 0.5) is 0 Å². The van der Waals surface area contributed by atoms with E-state index >= 15 is 0 Å². The van der Waals surface area contributed by atoms with Gasteiger partial charge in [-0.1, -0.05) is 29.8 Å². The predicted octanol–water partition coefficient (Wildman–Crippen LogP) is 4.16. The maximum Gasteiger partial charge on any atom is 0.106 e. The molecule has 2 aromatic rings. The summed E-state index contributed by atoms with van der Waals surface area (Å²) < 4.78 is 0.815. The van der Waals surface area contributed by atoms with Crippen LogP contribution < -0.4 is 0 Å². The van der Waals surface area contributed by atoms with Crippen LogP contribution in [-0.2, 0) is 0 Å². The molecule has 1 heterocycles. The van der Waals surface area contributed by atoms with Crippen LogP contribution in [0.15, 0.2) is 47.2 Å². The van der Waals surface area contributed by atoms with Crippen LogP contribution >= 0.6 is 27.5 Å². The quantitative estimate of drug-likeness (QED) is 0.708. The van der Waals surface area contributed by atoms with E-state index in [1.54, 1.807) is 6.20 Å². The molecule has 0 aliphatic rings. The molecule has 1 aromatic heterocycles. The number of hydrogen-bond acceptors (Lipinski definition) is 1. The van der Waals surface area contributed by atoms with Crippen LogP contribution in [0.2, 0.25) is 5.02 Å². The fourth-order valence-electron chi connectivity index (χ4n) is 1.27. The van der Waals surface area contributed by atoms with Gasteiger partial charge in [0.1, 0.15) is 4.60 Å². The van der Waals surface area contributed by atoms with E-state index in [2.05, 4.69) is 20.9 Å². The minimum atomic E-state index is 0.755. The SMILES string of the molecule is Clc1ccccc1-c1ccnc(Br)c1. The lowest BCUT2D eigenvalue weighted by Gasteiger charge is -2.03. The number of hydrogen-bond donors (Lipinski definition) is 0. The summed E-state index contributed by atoms with van der Waals surface area (Å²) in [5, 5.41) is 0.755. The summed E-state index contributed by atoms with van der Waals surface area (Å²) in [7, 11) is 0. The lowest BCUT2D eigenvalue weighted by molar-refractivity contribution is 1.28. The average molecular weight is 269 g/mol. The summed E-state index contributed by atoms with van der Waals surface area (Å²) in [5.41, 5.74) is 2.09. The van der Waals surface area contributed by atoms with Crippen LogP contribution in [0.3, 0.4) is 0 Å². The highest BCUT2D eigenvalue weighted by Crippen LogP contribution is 2.28. The normalized spacial score (nSPS) is 10.1. The number of halogens is 2. The molecule has 0 saturated carbocycles. The van der Waals surface area contributed by atoms with Crippen LogP contribution in [0.1, 0.15) is 0 Å². The summed E-state index contributed by atoms with van der Waals surface area (Å²) in [5.74, 6) is 0. The smallest absolute Gasteiger partial charge is 0.106 e. The van der Waals surface area contributed by atoms with Crippen LogP contribution in [0, 0.1) is 0 Å². The fraction of sp³-hybridized carbons (Fsp3) is 0. The molecule has 0 unspecified atom stereocenters. The molecule has 0 N–H and O–H groups in total. The van der Waals surface area contributed by atoms with E-state index in [-0.39, 0.29) is 0 Å². The van der Waals surface area contributed by atoms with Gasteiger partial charge in [-0.3, -0.25) is 0 Å². The van der Waals surface area contributed by atoms with Gasteiger partial charge in [-0.15, -0.1) is 0 Å². The van der Waals surface area contributed by atoms with Crippen molar-refractivity contribution >= 4 is 27.5 Å². The van der Waals surface area contributed by atoms with E-state index in [0.29, 0.717) is 0 Å². The van der Waals surface area contributed by atoms with Crippen molar-refractivity contribution in [2.45, 2.75) is 0 Å². The lowest BCUT2D eigenvalue weighted by Crippen LogP contribution is -1.81. The summed E-state index contributed by atoms with van der Waals surface area (Å²) >= 11 is 9.41. The molecule has 70 valence electrons. The zero-order chi connectivity index (χ0) is 9.97. The fourth-order valence-corrected chi connectivity index (χ4v) is 1.88. The standard InChI is InChI=1S/C11H7BrClN/c12-11-7-8(5-6-14-11)9-3-1-2-4-10(9)13/h1-7H. The molecule has 0 spiro atoms. The van der Waals surface area contributed by atoms with Gasteiger partial charge in [0, 0.05) is 16.8 Å². The number of nitrogens with zero attached hydrogens (tertiary/aromatic N) is 1. The van der Waals surface area contributed by atoms with Crippen molar-refractivity contribution in [3.63, 3.8) is 0 Å². The molecule has 0 aliphatic heterocycles. The Morgan fingerprint density at radius 2 is 1.93 bits per heavy atom. The van der Waals surface area contributed by atoms with E-state index < -0.39 is 0 Å². The number of rotatable bonds is 1. The van der Waals surface area contributed by atoms with E-state index in [1.807, 2.05) is 36.4 Å². The summed E-state index contributed by atoms with van der Waals surface area (Å²) in [6.45, 7) is 0. The van der Waals surface area contributed by atoms with Crippen molar-refractivity contribution in [2.24, 2.45) is 0 Å². The third kappa shape index (κ3) is 1.97. The minimum Gasteiger partial charge on any atom is -0.249 e. The molecule has 0 bridgehead atoms. The Hall–Kier alpha value is -0.860. The largest absolute Gasteiger partial charge is 0.249 e. The van der Waals surface area contributed by atoms with Gasteiger partial charge >= 0.3 is 0 Å². The zero-order valence-corrected chi connectivity index (χ0v) is 9.59. The molecule has 3 heteroatoms. The van der Waals surface area contributed by atoms with Crippen molar-refractivity contribution in [1.82, 2.24) is 4.98 Å². The molecule has 0 atom stereocenters. The van der Waals surface area contributed by atoms with Gasteiger partial charge in [0.15, 0.2) is 0 Å². The Kier molecular flexibility index (Phi) is 2.85. The first-order valence-electron chi connectivity index (χ1n) is 4.14. The van der Waals surface area contributed by atoms with Gasteiger partial charge in [-0.05, 0) is 39.7 Å². The molecule has 0 fully saturated rings. The van der Waals surface area contributed by atoms with E-state index in [4.69, 9.17) is 11.6 Å². The molecular weight excluding hydrogens is 261 g/mol. The molecule has 2 rings (SSSR count). The monoisotopic (exact) mass is 267 g/mol. The number of aromatic nitrogens is 1. The van der Waals surface area contributed by atoms with Gasteiger partial charge in [0.05, 0.1) is 0 Å². The molecule has 1 nitrogen and oxygen atoms in total. The second kappa shape index (κ2) is 4.11. The first kappa shape index (κ1) is 9.69. The van der Waals surface area contributed by atoms with Crippen molar-refractivity contribution in [2.75, 3.05) is 0 Å². The second-order valence-corrected chi connectivity index (χ2v) is 4.07. The minimum absolute atomic E-state index is 0.755. The predicted molar refractivity (Wildman–Crippen MR) is 62.4 cm³/mol. The van der Waals surface area contributed by atoms with Crippen LogP contribution in [0.25, 0.3) is 11.1 Å². The highest BCUT2D eigenvalue weighted by Gasteiger charge is 2.02. The van der Waals surface area contributed by atoms with Gasteiger partial charge in [0.2, 0.25) is 0 Å². The molecule has 14 heavy (non-hydrogen) atoms. The topological polar surface area (TPSA) is 12.9 Å². The van der Waals surface area contributed by atoms with Gasteiger partial charge < -0.3 is 0 Å². The van der Waals surface area contributed by atoms with Crippen LogP contribution in [0.5, 0.6) is 0 Å². The Morgan fingerprint density at radius 3 is 2.64 bits per heavy atom. The highest BCUT2D eigenvalue weighted by molar-refractivity contribution is 9.10. The maximum absolute atomic E-state index is 6.08. The maximum atomic E-state index is 6.08. The van der Waals surface area contributed by atoms with E-state index in [0.717, 1.165) is 20.8 Å². The van der Waals surface area contributed by atoms with Crippen LogP contribution in [-0.4, -0.2) is 4.98 Å². The highest BCUT2D eigenvalue weighted by atomic mass is 79.9. The lowest BCUT2D eigenvalue weighted by atomic mass is 10.1. The van der Waals surface area contributed by atoms with Crippen molar-refractivity contribution < 1.29 is 0 Å². The third-order valence-electron chi connectivity index (χ3n) is 1.91. The third-order valence-corrected chi connectivity index (χ3v) is 2.67. The Labute approximate surface area is 95.9 Å². The van der Waals surface area contributed by atoms with E-state index in [1.165, 1.54) is 0 Å². The van der Waals surface area contributed by atoms with Gasteiger partial charge in [0.25, 0.3) is 0 Å². The molecule has 0 aliphatic carbocycles. The van der Waals surface area contributed by atoms with Crippen molar-refractivity contribution in [1.29, 1.82) is 0 Å². The van der Waals surface area contributed by atoms with Crippen molar-refractivity contribution in [3.05, 3.63) is 52.2 Å². The van der Waals surface area contributed by atoms with E-state index in [9.17, 15) is 0 Å². The summed E-state index contributed by atoms with van der Waals surface area (Å²) in [6, 6.07) is 11.6. The average Bonchev–Trinajstić information content (AvgIpc) is 2.18. The van der Waals surface area contributed by atoms with Gasteiger partial charge in [-0.2, -0.15) is 0 Å². The molecule has 1 aromatic carbocycles.